The van der Waals surface area contributed by atoms with Crippen LogP contribution in [0.25, 0.3) is 0 Å². The van der Waals surface area contributed by atoms with E-state index in [1.54, 1.807) is 11.9 Å². The van der Waals surface area contributed by atoms with E-state index in [9.17, 15) is 9.59 Å². The first-order valence-corrected chi connectivity index (χ1v) is 8.68. The number of Topliss-reactive ketones (excluding diaryl/α,β-unsaturated/α-hetero) is 1. The molecule has 0 unspecified atom stereocenters. The van der Waals surface area contributed by atoms with Gasteiger partial charge in [-0.1, -0.05) is 56.9 Å². The van der Waals surface area contributed by atoms with Crippen LogP contribution in [-0.4, -0.2) is 30.2 Å². The summed E-state index contributed by atoms with van der Waals surface area (Å²) in [5.41, 5.74) is 1.36. The molecule has 0 aromatic heterocycles. The Morgan fingerprint density at radius 3 is 2.43 bits per heavy atom. The molecule has 3 heteroatoms. The molecule has 3 nitrogen and oxygen atoms in total. The van der Waals surface area contributed by atoms with Crippen LogP contribution in [0, 0.1) is 18.3 Å². The van der Waals surface area contributed by atoms with Gasteiger partial charge in [-0.05, 0) is 31.7 Å². The second-order valence-electron chi connectivity index (χ2n) is 7.51. The fourth-order valence-corrected chi connectivity index (χ4v) is 3.69. The van der Waals surface area contributed by atoms with Crippen molar-refractivity contribution in [3.05, 3.63) is 35.4 Å². The molecule has 1 aromatic rings. The van der Waals surface area contributed by atoms with Gasteiger partial charge in [0.05, 0.1) is 6.54 Å². The average molecular weight is 315 g/mol. The van der Waals surface area contributed by atoms with Crippen LogP contribution in [-0.2, 0) is 4.79 Å². The number of hydrogen-bond donors (Lipinski definition) is 0. The Kier molecular flexibility index (Phi) is 5.61. The van der Waals surface area contributed by atoms with Crippen LogP contribution in [0.4, 0.5) is 0 Å². The van der Waals surface area contributed by atoms with E-state index >= 15 is 0 Å². The Morgan fingerprint density at radius 1 is 1.17 bits per heavy atom. The molecule has 0 heterocycles. The Bertz CT molecular complexity index is 571. The lowest BCUT2D eigenvalue weighted by molar-refractivity contribution is -0.142. The van der Waals surface area contributed by atoms with Crippen LogP contribution in [0.2, 0.25) is 0 Å². The third-order valence-electron chi connectivity index (χ3n) is 5.24. The predicted octanol–water partition coefficient (Wildman–Crippen LogP) is 4.24. The number of carbonyl (C=O) groups excluding carboxylic acids is 2. The van der Waals surface area contributed by atoms with Crippen LogP contribution in [0.1, 0.15) is 61.9 Å². The smallest absolute Gasteiger partial charge is 0.228 e. The summed E-state index contributed by atoms with van der Waals surface area (Å²) in [4.78, 5) is 26.9. The van der Waals surface area contributed by atoms with Gasteiger partial charge in [-0.2, -0.15) is 0 Å². The van der Waals surface area contributed by atoms with E-state index in [0.717, 1.165) is 18.4 Å². The Labute approximate surface area is 140 Å². The van der Waals surface area contributed by atoms with E-state index in [1.165, 1.54) is 19.3 Å². The van der Waals surface area contributed by atoms with Crippen molar-refractivity contribution in [1.82, 2.24) is 4.90 Å². The molecule has 2 rings (SSSR count). The maximum atomic E-state index is 12.9. The number of aryl methyl sites for hydroxylation is 1. The molecule has 0 atom stereocenters. The van der Waals surface area contributed by atoms with Crippen molar-refractivity contribution in [3.63, 3.8) is 0 Å². The van der Waals surface area contributed by atoms with Crippen LogP contribution in [0.15, 0.2) is 24.3 Å². The summed E-state index contributed by atoms with van der Waals surface area (Å²) in [6.07, 6.45) is 5.96. The Hall–Kier alpha value is -1.64. The topological polar surface area (TPSA) is 37.4 Å². The molecule has 23 heavy (non-hydrogen) atoms. The molecule has 0 aliphatic heterocycles. The minimum absolute atomic E-state index is 0.00370. The normalized spacial score (nSPS) is 16.2. The minimum atomic E-state index is -0.387. The van der Waals surface area contributed by atoms with Crippen molar-refractivity contribution >= 4 is 11.7 Å². The first kappa shape index (κ1) is 17.7. The van der Waals surface area contributed by atoms with Crippen molar-refractivity contribution in [1.29, 1.82) is 0 Å². The highest BCUT2D eigenvalue weighted by Gasteiger charge is 2.39. The van der Waals surface area contributed by atoms with Gasteiger partial charge in [0.25, 0.3) is 0 Å². The number of hydrogen-bond acceptors (Lipinski definition) is 2. The van der Waals surface area contributed by atoms with Gasteiger partial charge < -0.3 is 4.90 Å². The SMILES string of the molecule is Cc1cccc(C(=O)CN(C)C(=O)C(C)(C)C2CCCCC2)c1. The van der Waals surface area contributed by atoms with Gasteiger partial charge in [0, 0.05) is 18.0 Å². The van der Waals surface area contributed by atoms with Crippen LogP contribution in [0.5, 0.6) is 0 Å². The minimum Gasteiger partial charge on any atom is -0.338 e. The molecule has 1 aromatic carbocycles. The van der Waals surface area contributed by atoms with Gasteiger partial charge in [0.2, 0.25) is 5.91 Å². The molecule has 1 aliphatic rings. The maximum Gasteiger partial charge on any atom is 0.228 e. The zero-order chi connectivity index (χ0) is 17.0. The van der Waals surface area contributed by atoms with Crippen molar-refractivity contribution in [2.45, 2.75) is 52.9 Å². The lowest BCUT2D eigenvalue weighted by Gasteiger charge is -2.38. The lowest BCUT2D eigenvalue weighted by Crippen LogP contribution is -2.45. The number of likely N-dealkylation sites (N-methyl/N-ethyl adjacent to an activating group) is 1. The second-order valence-corrected chi connectivity index (χ2v) is 7.51. The maximum absolute atomic E-state index is 12.9. The number of amides is 1. The van der Waals surface area contributed by atoms with E-state index in [-0.39, 0.29) is 23.7 Å². The van der Waals surface area contributed by atoms with Gasteiger partial charge in [-0.15, -0.1) is 0 Å². The first-order valence-electron chi connectivity index (χ1n) is 8.68. The zero-order valence-corrected chi connectivity index (χ0v) is 14.9. The van der Waals surface area contributed by atoms with Gasteiger partial charge in [0.15, 0.2) is 5.78 Å². The molecular weight excluding hydrogens is 286 g/mol. The average Bonchev–Trinajstić information content (AvgIpc) is 2.54. The summed E-state index contributed by atoms with van der Waals surface area (Å²) in [6.45, 7) is 6.20. The summed E-state index contributed by atoms with van der Waals surface area (Å²) in [6, 6.07) is 7.56. The highest BCUT2D eigenvalue weighted by atomic mass is 16.2. The summed E-state index contributed by atoms with van der Waals surface area (Å²) in [5.74, 6) is 0.523. The van der Waals surface area contributed by atoms with Gasteiger partial charge in [-0.3, -0.25) is 9.59 Å². The zero-order valence-electron chi connectivity index (χ0n) is 14.9. The quantitative estimate of drug-likeness (QED) is 0.762. The lowest BCUT2D eigenvalue weighted by atomic mass is 9.70. The number of ketones is 1. The predicted molar refractivity (Wildman–Crippen MR) is 93.5 cm³/mol. The van der Waals surface area contributed by atoms with E-state index in [4.69, 9.17) is 0 Å². The molecule has 0 spiro atoms. The van der Waals surface area contributed by atoms with Crippen LogP contribution >= 0.6 is 0 Å². The highest BCUT2D eigenvalue weighted by molar-refractivity contribution is 5.99. The van der Waals surface area contributed by atoms with E-state index < -0.39 is 0 Å². The molecule has 1 saturated carbocycles. The summed E-state index contributed by atoms with van der Waals surface area (Å²) >= 11 is 0. The van der Waals surface area contributed by atoms with Gasteiger partial charge in [-0.25, -0.2) is 0 Å². The van der Waals surface area contributed by atoms with Crippen molar-refractivity contribution in [2.75, 3.05) is 13.6 Å². The first-order chi connectivity index (χ1) is 10.8. The largest absolute Gasteiger partial charge is 0.338 e. The Morgan fingerprint density at radius 2 is 1.83 bits per heavy atom. The van der Waals surface area contributed by atoms with Crippen molar-refractivity contribution in [2.24, 2.45) is 11.3 Å². The third-order valence-corrected chi connectivity index (χ3v) is 5.24. The van der Waals surface area contributed by atoms with E-state index in [1.807, 2.05) is 45.0 Å². The summed E-state index contributed by atoms with van der Waals surface area (Å²) in [5, 5.41) is 0. The number of nitrogens with zero attached hydrogens (tertiary/aromatic N) is 1. The number of rotatable bonds is 5. The standard InChI is InChI=1S/C20H29NO2/c1-15-9-8-10-16(13-15)18(22)14-21(4)19(23)20(2,3)17-11-6-5-7-12-17/h8-10,13,17H,5-7,11-12,14H2,1-4H3. The fraction of sp³-hybridized carbons (Fsp3) is 0.600. The molecule has 1 fully saturated rings. The molecule has 1 amide bonds. The molecule has 0 N–H and O–H groups in total. The monoisotopic (exact) mass is 315 g/mol. The second kappa shape index (κ2) is 7.29. The molecule has 0 radical (unpaired) electrons. The van der Waals surface area contributed by atoms with E-state index in [0.29, 0.717) is 11.5 Å². The van der Waals surface area contributed by atoms with Crippen LogP contribution < -0.4 is 0 Å². The van der Waals surface area contributed by atoms with Crippen molar-refractivity contribution in [3.8, 4) is 0 Å². The van der Waals surface area contributed by atoms with Crippen LogP contribution in [0.3, 0.4) is 0 Å². The van der Waals surface area contributed by atoms with Gasteiger partial charge in [0.1, 0.15) is 0 Å². The summed E-state index contributed by atoms with van der Waals surface area (Å²) < 4.78 is 0. The molecule has 126 valence electrons. The van der Waals surface area contributed by atoms with E-state index in [2.05, 4.69) is 0 Å². The van der Waals surface area contributed by atoms with Gasteiger partial charge >= 0.3 is 0 Å². The molecular formula is C20H29NO2. The Balaban J connectivity index is 2.02. The number of benzene rings is 1. The van der Waals surface area contributed by atoms with Crippen molar-refractivity contribution < 1.29 is 9.59 Å². The molecule has 0 bridgehead atoms. The highest BCUT2D eigenvalue weighted by Crippen LogP contribution is 2.39. The molecule has 1 aliphatic carbocycles. The third kappa shape index (κ3) is 4.21. The summed E-state index contributed by atoms with van der Waals surface area (Å²) in [7, 11) is 1.75. The fourth-order valence-electron chi connectivity index (χ4n) is 3.69. The number of carbonyl (C=O) groups is 2. The molecule has 0 saturated heterocycles.